The Hall–Kier alpha value is -1.82. The Morgan fingerprint density at radius 2 is 1.73 bits per heavy atom. The number of morpholine rings is 1. The Kier molecular flexibility index (Phi) is 7.13. The summed E-state index contributed by atoms with van der Waals surface area (Å²) in [7, 11) is 0. The molecule has 2 aliphatic rings. The van der Waals surface area contributed by atoms with Crippen molar-refractivity contribution >= 4 is 17.7 Å². The van der Waals surface area contributed by atoms with Gasteiger partial charge in [-0.2, -0.15) is 0 Å². The number of carbonyl (C=O) groups is 1. The van der Waals surface area contributed by atoms with E-state index in [2.05, 4.69) is 66.5 Å². The van der Waals surface area contributed by atoms with Crippen molar-refractivity contribution in [2.75, 3.05) is 18.8 Å². The number of benzene rings is 2. The molecule has 4 rings (SSSR count). The van der Waals surface area contributed by atoms with E-state index >= 15 is 0 Å². The predicted molar refractivity (Wildman–Crippen MR) is 123 cm³/mol. The highest BCUT2D eigenvalue weighted by Crippen LogP contribution is 2.27. The van der Waals surface area contributed by atoms with E-state index in [0.717, 1.165) is 25.2 Å². The van der Waals surface area contributed by atoms with Gasteiger partial charge in [0.15, 0.2) is 0 Å². The van der Waals surface area contributed by atoms with Crippen molar-refractivity contribution in [1.29, 1.82) is 0 Å². The van der Waals surface area contributed by atoms with E-state index in [4.69, 9.17) is 4.74 Å². The molecule has 2 aromatic carbocycles. The van der Waals surface area contributed by atoms with Crippen LogP contribution in [-0.2, 0) is 35.5 Å². The van der Waals surface area contributed by atoms with E-state index in [1.54, 1.807) is 11.8 Å². The maximum atomic E-state index is 12.3. The summed E-state index contributed by atoms with van der Waals surface area (Å²) in [6.07, 6.45) is 4.21. The predicted octanol–water partition coefficient (Wildman–Crippen LogP) is 4.19. The lowest BCUT2D eigenvalue weighted by molar-refractivity contribution is -0.118. The molecule has 0 aromatic heterocycles. The molecule has 0 spiro atoms. The Balaban J connectivity index is 1.20. The third kappa shape index (κ3) is 5.87. The van der Waals surface area contributed by atoms with Crippen LogP contribution in [0.25, 0.3) is 0 Å². The van der Waals surface area contributed by atoms with Crippen LogP contribution in [0, 0.1) is 0 Å². The van der Waals surface area contributed by atoms with Gasteiger partial charge in [0.05, 0.1) is 18.0 Å². The van der Waals surface area contributed by atoms with Crippen LogP contribution < -0.4 is 5.32 Å². The molecule has 2 atom stereocenters. The molecular formula is C25H32N2O2S. The zero-order valence-electron chi connectivity index (χ0n) is 18.0. The summed E-state index contributed by atoms with van der Waals surface area (Å²) >= 11 is 1.62. The Morgan fingerprint density at radius 1 is 1.03 bits per heavy atom. The van der Waals surface area contributed by atoms with Gasteiger partial charge in [-0.1, -0.05) is 30.3 Å². The van der Waals surface area contributed by atoms with Gasteiger partial charge in [-0.05, 0) is 67.5 Å². The normalized spacial score (nSPS) is 21.4. The molecule has 4 nitrogen and oxygen atoms in total. The number of hydrogen-bond donors (Lipinski definition) is 1. The lowest BCUT2D eigenvalue weighted by Gasteiger charge is -2.35. The van der Waals surface area contributed by atoms with Crippen LogP contribution in [0.5, 0.6) is 0 Å². The summed E-state index contributed by atoms with van der Waals surface area (Å²) in [6.45, 7) is 7.75. The number of nitrogens with zero attached hydrogens (tertiary/aromatic N) is 1. The Bertz CT molecular complexity index is 858. The summed E-state index contributed by atoms with van der Waals surface area (Å²) in [4.78, 5) is 15.9. The summed E-state index contributed by atoms with van der Waals surface area (Å²) in [6, 6.07) is 15.2. The number of hydrogen-bond acceptors (Lipinski definition) is 4. The van der Waals surface area contributed by atoms with E-state index < -0.39 is 0 Å². The summed E-state index contributed by atoms with van der Waals surface area (Å²) in [5.41, 5.74) is 5.38. The van der Waals surface area contributed by atoms with E-state index in [0.29, 0.717) is 12.3 Å². The standard InChI is InChI=1S/C25H32N2O2S/c1-18-14-27(15-19(2)29-18)16-21-8-6-20(7-9-21)13-26-25(28)17-30-24-11-10-22-4-3-5-23(22)12-24/h6-12,18-19H,3-5,13-17H2,1-2H3,(H,26,28). The zero-order valence-corrected chi connectivity index (χ0v) is 18.8. The van der Waals surface area contributed by atoms with Gasteiger partial charge in [-0.3, -0.25) is 9.69 Å². The molecule has 2 unspecified atom stereocenters. The fraction of sp³-hybridized carbons (Fsp3) is 0.480. The number of nitrogens with one attached hydrogen (secondary N) is 1. The maximum Gasteiger partial charge on any atom is 0.230 e. The lowest BCUT2D eigenvalue weighted by atomic mass is 10.1. The Morgan fingerprint density at radius 3 is 2.50 bits per heavy atom. The molecule has 1 amide bonds. The minimum atomic E-state index is 0.0841. The number of fused-ring (bicyclic) bond motifs is 1. The van der Waals surface area contributed by atoms with E-state index in [1.165, 1.54) is 40.8 Å². The largest absolute Gasteiger partial charge is 0.373 e. The van der Waals surface area contributed by atoms with Gasteiger partial charge >= 0.3 is 0 Å². The molecule has 5 heteroatoms. The van der Waals surface area contributed by atoms with E-state index in [1.807, 2.05) is 0 Å². The first-order chi connectivity index (χ1) is 14.5. The molecule has 1 saturated heterocycles. The summed E-state index contributed by atoms with van der Waals surface area (Å²) in [5.74, 6) is 0.547. The van der Waals surface area contributed by atoms with Crippen LogP contribution in [0.3, 0.4) is 0 Å². The highest BCUT2D eigenvalue weighted by Gasteiger charge is 2.22. The maximum absolute atomic E-state index is 12.3. The highest BCUT2D eigenvalue weighted by atomic mass is 32.2. The van der Waals surface area contributed by atoms with Crippen LogP contribution >= 0.6 is 11.8 Å². The van der Waals surface area contributed by atoms with Crippen molar-refractivity contribution in [3.05, 3.63) is 64.7 Å². The third-order valence-electron chi connectivity index (χ3n) is 5.85. The second-order valence-corrected chi connectivity index (χ2v) is 9.67. The number of carbonyl (C=O) groups excluding carboxylic acids is 1. The van der Waals surface area contributed by atoms with E-state index in [9.17, 15) is 4.79 Å². The fourth-order valence-corrected chi connectivity index (χ4v) is 5.26. The molecule has 2 aromatic rings. The molecular weight excluding hydrogens is 392 g/mol. The lowest BCUT2D eigenvalue weighted by Crippen LogP contribution is -2.44. The van der Waals surface area contributed by atoms with Crippen LogP contribution in [0.15, 0.2) is 47.4 Å². The molecule has 0 radical (unpaired) electrons. The fourth-order valence-electron chi connectivity index (χ4n) is 4.47. The quantitative estimate of drug-likeness (QED) is 0.677. The van der Waals surface area contributed by atoms with E-state index in [-0.39, 0.29) is 18.1 Å². The minimum Gasteiger partial charge on any atom is -0.373 e. The smallest absolute Gasteiger partial charge is 0.230 e. The van der Waals surface area contributed by atoms with Gasteiger partial charge < -0.3 is 10.1 Å². The summed E-state index contributed by atoms with van der Waals surface area (Å²) in [5, 5.41) is 3.05. The zero-order chi connectivity index (χ0) is 20.9. The first kappa shape index (κ1) is 21.4. The molecule has 1 fully saturated rings. The molecule has 1 heterocycles. The molecule has 160 valence electrons. The number of thioether (sulfide) groups is 1. The first-order valence-electron chi connectivity index (χ1n) is 11.0. The Labute approximate surface area is 184 Å². The van der Waals surface area contributed by atoms with Crippen LogP contribution in [0.1, 0.15) is 42.5 Å². The molecule has 1 aliphatic carbocycles. The van der Waals surface area contributed by atoms with Crippen molar-refractivity contribution in [1.82, 2.24) is 10.2 Å². The number of amides is 1. The molecule has 1 aliphatic heterocycles. The van der Waals surface area contributed by atoms with Crippen molar-refractivity contribution < 1.29 is 9.53 Å². The van der Waals surface area contributed by atoms with Crippen molar-refractivity contribution in [2.24, 2.45) is 0 Å². The second-order valence-electron chi connectivity index (χ2n) is 8.62. The van der Waals surface area contributed by atoms with Gasteiger partial charge in [0.2, 0.25) is 5.91 Å². The number of rotatable bonds is 7. The number of ether oxygens (including phenoxy) is 1. The van der Waals surface area contributed by atoms with Crippen LogP contribution in [-0.4, -0.2) is 41.9 Å². The second kappa shape index (κ2) is 9.99. The van der Waals surface area contributed by atoms with Crippen LogP contribution in [0.2, 0.25) is 0 Å². The van der Waals surface area contributed by atoms with Gasteiger partial charge in [0, 0.05) is 31.1 Å². The van der Waals surface area contributed by atoms with Crippen LogP contribution in [0.4, 0.5) is 0 Å². The van der Waals surface area contributed by atoms with Crippen molar-refractivity contribution in [3.8, 4) is 0 Å². The van der Waals surface area contributed by atoms with Crippen molar-refractivity contribution in [3.63, 3.8) is 0 Å². The number of aryl methyl sites for hydroxylation is 2. The molecule has 0 saturated carbocycles. The monoisotopic (exact) mass is 424 g/mol. The molecule has 30 heavy (non-hydrogen) atoms. The topological polar surface area (TPSA) is 41.6 Å². The van der Waals surface area contributed by atoms with Gasteiger partial charge in [-0.15, -0.1) is 11.8 Å². The molecule has 1 N–H and O–H groups in total. The highest BCUT2D eigenvalue weighted by molar-refractivity contribution is 8.00. The average Bonchev–Trinajstić information content (AvgIpc) is 3.19. The third-order valence-corrected chi connectivity index (χ3v) is 6.85. The van der Waals surface area contributed by atoms with Gasteiger partial charge in [-0.25, -0.2) is 0 Å². The average molecular weight is 425 g/mol. The molecule has 0 bridgehead atoms. The van der Waals surface area contributed by atoms with Gasteiger partial charge in [0.25, 0.3) is 0 Å². The first-order valence-corrected chi connectivity index (χ1v) is 12.0. The minimum absolute atomic E-state index is 0.0841. The van der Waals surface area contributed by atoms with Gasteiger partial charge in [0.1, 0.15) is 0 Å². The SMILES string of the molecule is CC1CN(Cc2ccc(CNC(=O)CSc3ccc4c(c3)CCC4)cc2)CC(C)O1. The van der Waals surface area contributed by atoms with Crippen molar-refractivity contribution in [2.45, 2.75) is 63.3 Å². The summed E-state index contributed by atoms with van der Waals surface area (Å²) < 4.78 is 5.81.